The zero-order chi connectivity index (χ0) is 19.1. The van der Waals surface area contributed by atoms with E-state index in [1.54, 1.807) is 10.6 Å². The van der Waals surface area contributed by atoms with E-state index in [0.717, 1.165) is 34.5 Å². The number of pyridine rings is 1. The number of para-hydroxylation sites is 1. The number of rotatable bonds is 5. The topological polar surface area (TPSA) is 81.5 Å². The van der Waals surface area contributed by atoms with Crippen molar-refractivity contribution in [3.63, 3.8) is 0 Å². The highest BCUT2D eigenvalue weighted by Gasteiger charge is 2.10. The maximum atomic E-state index is 12.3. The molecule has 0 unspecified atom stereocenters. The first-order chi connectivity index (χ1) is 13.7. The number of nitrogens with zero attached hydrogens (tertiary/aromatic N) is 6. The predicted octanol–water partition coefficient (Wildman–Crippen LogP) is 2.50. The Hall–Kier alpha value is -3.68. The van der Waals surface area contributed by atoms with Crippen molar-refractivity contribution in [2.45, 2.75) is 19.9 Å². The van der Waals surface area contributed by atoms with Crippen molar-refractivity contribution in [2.24, 2.45) is 0 Å². The summed E-state index contributed by atoms with van der Waals surface area (Å²) >= 11 is 0. The quantitative estimate of drug-likeness (QED) is 0.479. The van der Waals surface area contributed by atoms with Gasteiger partial charge in [0.05, 0.1) is 11.2 Å². The molecule has 0 amide bonds. The number of hydrogen-bond donors (Lipinski definition) is 1. The lowest BCUT2D eigenvalue weighted by Gasteiger charge is -2.10. The number of anilines is 1. The van der Waals surface area contributed by atoms with Crippen molar-refractivity contribution >= 4 is 28.0 Å². The molecule has 4 aromatic heterocycles. The lowest BCUT2D eigenvalue weighted by Crippen LogP contribution is -2.22. The Bertz CT molecular complexity index is 1360. The van der Waals surface area contributed by atoms with Crippen LogP contribution in [0.5, 0.6) is 0 Å². The number of hydrogen-bond acceptors (Lipinski definition) is 5. The van der Waals surface area contributed by atoms with E-state index < -0.39 is 0 Å². The van der Waals surface area contributed by atoms with Gasteiger partial charge in [-0.1, -0.05) is 18.2 Å². The first kappa shape index (κ1) is 16.5. The fraction of sp³-hybridized carbons (Fsp3) is 0.200. The number of fused-ring (bicyclic) bond motifs is 4. The van der Waals surface area contributed by atoms with Crippen molar-refractivity contribution in [3.8, 4) is 0 Å². The number of aromatic nitrogens is 6. The predicted molar refractivity (Wildman–Crippen MR) is 108 cm³/mol. The standard InChI is InChI=1S/C20H19N7O/c1-14-13-18-22-19(15-7-2-3-8-16(15)27(18)23-14)21-10-6-12-26-20(28)25-11-5-4-9-17(25)24-26/h2-5,7-9,11,13H,6,10,12H2,1H3,(H,21,22). The monoisotopic (exact) mass is 373 g/mol. The molecule has 0 atom stereocenters. The van der Waals surface area contributed by atoms with Gasteiger partial charge in [0.15, 0.2) is 11.3 Å². The molecule has 0 saturated heterocycles. The van der Waals surface area contributed by atoms with Crippen LogP contribution in [0.3, 0.4) is 0 Å². The van der Waals surface area contributed by atoms with Crippen LogP contribution in [0, 0.1) is 6.92 Å². The van der Waals surface area contributed by atoms with Gasteiger partial charge in [-0.25, -0.2) is 19.0 Å². The van der Waals surface area contributed by atoms with Gasteiger partial charge < -0.3 is 5.32 Å². The van der Waals surface area contributed by atoms with Crippen LogP contribution in [0.1, 0.15) is 12.1 Å². The summed E-state index contributed by atoms with van der Waals surface area (Å²) in [6, 6.07) is 15.6. The molecule has 0 aliphatic carbocycles. The summed E-state index contributed by atoms with van der Waals surface area (Å²) in [6.07, 6.45) is 2.49. The average Bonchev–Trinajstić information content (AvgIpc) is 3.25. The second kappa shape index (κ2) is 6.49. The fourth-order valence-electron chi connectivity index (χ4n) is 3.46. The maximum Gasteiger partial charge on any atom is 0.350 e. The molecule has 0 spiro atoms. The number of benzene rings is 1. The van der Waals surface area contributed by atoms with Crippen LogP contribution in [-0.2, 0) is 6.54 Å². The van der Waals surface area contributed by atoms with Gasteiger partial charge in [-0.05, 0) is 37.6 Å². The van der Waals surface area contributed by atoms with Crippen molar-refractivity contribution in [3.05, 3.63) is 70.9 Å². The minimum atomic E-state index is -0.115. The van der Waals surface area contributed by atoms with Crippen LogP contribution in [-0.4, -0.2) is 35.3 Å². The van der Waals surface area contributed by atoms with Gasteiger partial charge in [0.1, 0.15) is 5.82 Å². The Balaban J connectivity index is 1.37. The molecular weight excluding hydrogens is 354 g/mol. The molecule has 8 heteroatoms. The van der Waals surface area contributed by atoms with Crippen molar-refractivity contribution < 1.29 is 0 Å². The third kappa shape index (κ3) is 2.70. The summed E-state index contributed by atoms with van der Waals surface area (Å²) in [5, 5.41) is 13.3. The summed E-state index contributed by atoms with van der Waals surface area (Å²) in [6.45, 7) is 3.18. The smallest absolute Gasteiger partial charge is 0.350 e. The maximum absolute atomic E-state index is 12.3. The summed E-state index contributed by atoms with van der Waals surface area (Å²) in [5.41, 5.74) is 3.31. The van der Waals surface area contributed by atoms with Gasteiger partial charge in [-0.2, -0.15) is 5.10 Å². The largest absolute Gasteiger partial charge is 0.369 e. The highest BCUT2D eigenvalue weighted by atomic mass is 16.2. The van der Waals surface area contributed by atoms with Crippen LogP contribution < -0.4 is 11.0 Å². The Kier molecular flexibility index (Phi) is 3.82. The molecule has 0 radical (unpaired) electrons. The molecular formula is C20H19N7O. The van der Waals surface area contributed by atoms with Crippen LogP contribution in [0.2, 0.25) is 0 Å². The Morgan fingerprint density at radius 1 is 1.04 bits per heavy atom. The van der Waals surface area contributed by atoms with Crippen molar-refractivity contribution in [1.82, 2.24) is 28.8 Å². The molecule has 8 nitrogen and oxygen atoms in total. The first-order valence-electron chi connectivity index (χ1n) is 9.24. The molecule has 1 N–H and O–H groups in total. The first-order valence-corrected chi connectivity index (χ1v) is 9.24. The molecule has 5 aromatic rings. The molecule has 5 rings (SSSR count). The van der Waals surface area contributed by atoms with Crippen LogP contribution in [0.4, 0.5) is 5.82 Å². The molecule has 140 valence electrons. The van der Waals surface area contributed by atoms with Gasteiger partial charge in [-0.3, -0.25) is 4.40 Å². The Labute approximate surface area is 160 Å². The Morgan fingerprint density at radius 3 is 2.79 bits per heavy atom. The van der Waals surface area contributed by atoms with E-state index in [2.05, 4.69) is 15.5 Å². The normalized spacial score (nSPS) is 11.6. The molecule has 28 heavy (non-hydrogen) atoms. The van der Waals surface area contributed by atoms with E-state index in [-0.39, 0.29) is 5.69 Å². The minimum absolute atomic E-state index is 0.115. The number of aryl methyl sites for hydroxylation is 2. The van der Waals surface area contributed by atoms with Gasteiger partial charge in [0.2, 0.25) is 0 Å². The second-order valence-corrected chi connectivity index (χ2v) is 6.75. The van der Waals surface area contributed by atoms with E-state index >= 15 is 0 Å². The third-order valence-corrected chi connectivity index (χ3v) is 4.75. The highest BCUT2D eigenvalue weighted by molar-refractivity contribution is 5.91. The van der Waals surface area contributed by atoms with Gasteiger partial charge in [0.25, 0.3) is 0 Å². The zero-order valence-electron chi connectivity index (χ0n) is 15.4. The molecule has 4 heterocycles. The summed E-state index contributed by atoms with van der Waals surface area (Å²) in [5.74, 6) is 0.824. The zero-order valence-corrected chi connectivity index (χ0v) is 15.4. The molecule has 0 saturated carbocycles. The molecule has 1 aromatic carbocycles. The number of nitrogens with one attached hydrogen (secondary N) is 1. The van der Waals surface area contributed by atoms with E-state index in [9.17, 15) is 4.79 Å². The van der Waals surface area contributed by atoms with Gasteiger partial charge >= 0.3 is 5.69 Å². The van der Waals surface area contributed by atoms with Gasteiger partial charge in [0, 0.05) is 30.7 Å². The van der Waals surface area contributed by atoms with Crippen LogP contribution in [0.15, 0.2) is 59.5 Å². The van der Waals surface area contributed by atoms with Crippen molar-refractivity contribution in [2.75, 3.05) is 11.9 Å². The Morgan fingerprint density at radius 2 is 1.89 bits per heavy atom. The SMILES string of the molecule is Cc1cc2nc(NCCCn3nc4ccccn4c3=O)c3ccccc3n2n1. The molecule has 0 aliphatic rings. The lowest BCUT2D eigenvalue weighted by atomic mass is 10.2. The third-order valence-electron chi connectivity index (χ3n) is 4.75. The average molecular weight is 373 g/mol. The van der Waals surface area contributed by atoms with Crippen LogP contribution >= 0.6 is 0 Å². The highest BCUT2D eigenvalue weighted by Crippen LogP contribution is 2.23. The van der Waals surface area contributed by atoms with E-state index in [0.29, 0.717) is 18.7 Å². The minimum Gasteiger partial charge on any atom is -0.369 e. The second-order valence-electron chi connectivity index (χ2n) is 6.75. The molecule has 0 fully saturated rings. The van der Waals surface area contributed by atoms with E-state index in [4.69, 9.17) is 4.98 Å². The van der Waals surface area contributed by atoms with E-state index in [1.165, 1.54) is 4.68 Å². The fourth-order valence-corrected chi connectivity index (χ4v) is 3.46. The van der Waals surface area contributed by atoms with E-state index in [1.807, 2.05) is 60.0 Å². The summed E-state index contributed by atoms with van der Waals surface area (Å²) < 4.78 is 4.93. The summed E-state index contributed by atoms with van der Waals surface area (Å²) in [7, 11) is 0. The van der Waals surface area contributed by atoms with Gasteiger partial charge in [-0.15, -0.1) is 5.10 Å². The van der Waals surface area contributed by atoms with Crippen molar-refractivity contribution in [1.29, 1.82) is 0 Å². The molecule has 0 aliphatic heterocycles. The summed E-state index contributed by atoms with van der Waals surface area (Å²) in [4.78, 5) is 17.1. The van der Waals surface area contributed by atoms with Crippen LogP contribution in [0.25, 0.3) is 22.2 Å². The lowest BCUT2D eigenvalue weighted by molar-refractivity contribution is 0.572. The molecule has 0 bridgehead atoms.